The van der Waals surface area contributed by atoms with Gasteiger partial charge >= 0.3 is 5.97 Å². The van der Waals surface area contributed by atoms with Gasteiger partial charge in [-0.2, -0.15) is 0 Å². The lowest BCUT2D eigenvalue weighted by Gasteiger charge is -2.46. The highest BCUT2D eigenvalue weighted by atomic mass is 35.5. The highest BCUT2D eigenvalue weighted by molar-refractivity contribution is 6.31. The second kappa shape index (κ2) is 10.4. The third-order valence-electron chi connectivity index (χ3n) is 7.43. The van der Waals surface area contributed by atoms with Crippen molar-refractivity contribution in [1.82, 2.24) is 10.2 Å². The zero-order valence-corrected chi connectivity index (χ0v) is 21.0. The van der Waals surface area contributed by atoms with E-state index in [4.69, 9.17) is 33.0 Å². The number of hydrogen-bond donors (Lipinski definition) is 2. The number of rotatable bonds is 7. The van der Waals surface area contributed by atoms with Crippen LogP contribution in [0.15, 0.2) is 36.4 Å². The average Bonchev–Trinajstić information content (AvgIpc) is 3.26. The number of aliphatic carboxylic acids is 1. The summed E-state index contributed by atoms with van der Waals surface area (Å²) in [6.07, 6.45) is 4.63. The summed E-state index contributed by atoms with van der Waals surface area (Å²) in [6, 6.07) is 10.6. The minimum absolute atomic E-state index is 0.0719. The van der Waals surface area contributed by atoms with E-state index in [2.05, 4.69) is 36.4 Å². The predicted octanol–water partition coefficient (Wildman–Crippen LogP) is 5.52. The molecule has 0 aromatic heterocycles. The Morgan fingerprint density at radius 3 is 2.59 bits per heavy atom. The normalized spacial score (nSPS) is 27.2. The Balaban J connectivity index is 1.45. The first-order valence-corrected chi connectivity index (χ1v) is 12.5. The summed E-state index contributed by atoms with van der Waals surface area (Å²) in [6.45, 7) is 0.412. The molecule has 0 bridgehead atoms. The molecule has 2 aromatic rings. The van der Waals surface area contributed by atoms with E-state index in [9.17, 15) is 9.18 Å². The van der Waals surface area contributed by atoms with Crippen molar-refractivity contribution >= 4 is 29.2 Å². The van der Waals surface area contributed by atoms with Gasteiger partial charge in [-0.25, -0.2) is 4.39 Å². The molecule has 184 valence electrons. The molecule has 0 amide bonds. The first kappa shape index (κ1) is 25.2. The molecule has 4 rings (SSSR count). The zero-order chi connectivity index (χ0) is 24.5. The molecule has 34 heavy (non-hydrogen) atoms. The molecule has 1 saturated heterocycles. The number of nitrogens with zero attached hydrogens (tertiary/aromatic N) is 1. The summed E-state index contributed by atoms with van der Waals surface area (Å²) in [5.41, 5.74) is 1.90. The van der Waals surface area contributed by atoms with Gasteiger partial charge in [0.2, 0.25) is 0 Å². The van der Waals surface area contributed by atoms with Crippen molar-refractivity contribution in [2.24, 2.45) is 5.92 Å². The molecule has 1 heterocycles. The molecule has 2 N–H and O–H groups in total. The Hall–Kier alpha value is -1.86. The van der Waals surface area contributed by atoms with E-state index in [1.54, 1.807) is 0 Å². The molecule has 1 aliphatic heterocycles. The molecule has 1 saturated carbocycles. The van der Waals surface area contributed by atoms with Crippen LogP contribution in [0.2, 0.25) is 10.0 Å². The van der Waals surface area contributed by atoms with Crippen LogP contribution < -0.4 is 10.1 Å². The van der Waals surface area contributed by atoms with Crippen LogP contribution >= 0.6 is 23.2 Å². The molecule has 0 radical (unpaired) electrons. The van der Waals surface area contributed by atoms with Gasteiger partial charge in [0.25, 0.3) is 0 Å². The van der Waals surface area contributed by atoms with E-state index in [0.29, 0.717) is 31.1 Å². The number of carbonyl (C=O) groups is 1. The van der Waals surface area contributed by atoms with Crippen molar-refractivity contribution in [3.05, 3.63) is 63.4 Å². The minimum Gasteiger partial charge on any atom is -0.489 e. The lowest BCUT2D eigenvalue weighted by molar-refractivity contribution is -0.139. The number of benzene rings is 2. The van der Waals surface area contributed by atoms with E-state index >= 15 is 0 Å². The minimum atomic E-state index is -0.905. The van der Waals surface area contributed by atoms with Gasteiger partial charge in [0.1, 0.15) is 23.7 Å². The summed E-state index contributed by atoms with van der Waals surface area (Å²) in [7, 11) is 4.22. The van der Waals surface area contributed by atoms with Crippen LogP contribution in [0, 0.1) is 11.7 Å². The maximum absolute atomic E-state index is 14.6. The number of nitrogens with one attached hydrogen (secondary N) is 1. The van der Waals surface area contributed by atoms with Crippen LogP contribution in [0.3, 0.4) is 0 Å². The first-order valence-electron chi connectivity index (χ1n) is 11.7. The summed E-state index contributed by atoms with van der Waals surface area (Å²) in [5.74, 6) is -0.638. The van der Waals surface area contributed by atoms with E-state index in [-0.39, 0.29) is 16.7 Å². The SMILES string of the molecule is CN(C)[C@]1(c2cccc(Cl)c2)CC[C@@H](Cc2cc(O[C@@H]3CN[C@H](C(=O)O)C3)cc(F)c2Cl)CC1. The Kier molecular flexibility index (Phi) is 7.72. The zero-order valence-electron chi connectivity index (χ0n) is 19.5. The van der Waals surface area contributed by atoms with Gasteiger partial charge < -0.3 is 15.2 Å². The van der Waals surface area contributed by atoms with Gasteiger partial charge in [-0.05, 0) is 81.4 Å². The van der Waals surface area contributed by atoms with E-state index in [0.717, 1.165) is 36.3 Å². The third-order valence-corrected chi connectivity index (χ3v) is 8.09. The number of halogens is 3. The Labute approximate surface area is 210 Å². The first-order chi connectivity index (χ1) is 16.2. The fraction of sp³-hybridized carbons (Fsp3) is 0.500. The highest BCUT2D eigenvalue weighted by Gasteiger charge is 2.39. The Morgan fingerprint density at radius 2 is 1.97 bits per heavy atom. The van der Waals surface area contributed by atoms with Crippen molar-refractivity contribution in [2.45, 2.75) is 56.2 Å². The van der Waals surface area contributed by atoms with Crippen LogP contribution in [0.25, 0.3) is 0 Å². The van der Waals surface area contributed by atoms with Gasteiger partial charge in [-0.1, -0.05) is 35.3 Å². The quantitative estimate of drug-likeness (QED) is 0.515. The maximum atomic E-state index is 14.6. The molecule has 2 fully saturated rings. The Bertz CT molecular complexity index is 1040. The van der Waals surface area contributed by atoms with Crippen LogP contribution in [-0.2, 0) is 16.8 Å². The molecule has 2 aliphatic rings. The lowest BCUT2D eigenvalue weighted by atomic mass is 9.70. The average molecular weight is 509 g/mol. The molecule has 8 heteroatoms. The molecular formula is C26H31Cl2FN2O3. The van der Waals surface area contributed by atoms with Gasteiger partial charge in [-0.3, -0.25) is 9.69 Å². The van der Waals surface area contributed by atoms with Gasteiger partial charge in [0, 0.05) is 29.6 Å². The van der Waals surface area contributed by atoms with E-state index in [1.807, 2.05) is 18.2 Å². The molecule has 2 aromatic carbocycles. The lowest BCUT2D eigenvalue weighted by Crippen LogP contribution is -2.44. The summed E-state index contributed by atoms with van der Waals surface area (Å²) >= 11 is 12.6. The van der Waals surface area contributed by atoms with Crippen molar-refractivity contribution < 1.29 is 19.0 Å². The summed E-state index contributed by atoms with van der Waals surface area (Å²) < 4.78 is 20.5. The predicted molar refractivity (Wildman–Crippen MR) is 132 cm³/mol. The number of hydrogen-bond acceptors (Lipinski definition) is 4. The second-order valence-electron chi connectivity index (χ2n) is 9.74. The standard InChI is InChI=1S/C26H31Cl2FN2O3/c1-31(2)26(18-4-3-5-19(27)12-18)8-6-16(7-9-26)10-17-11-20(13-22(29)24(17)28)34-21-14-23(25(32)33)30-15-21/h3-5,11-13,16,21,23,30H,6-10,14-15H2,1-2H3,(H,32,33)/t16-,21-,23-,26-/m0/s1. The highest BCUT2D eigenvalue weighted by Crippen LogP contribution is 2.45. The van der Waals surface area contributed by atoms with Crippen molar-refractivity contribution in [2.75, 3.05) is 20.6 Å². The van der Waals surface area contributed by atoms with Crippen molar-refractivity contribution in [1.29, 1.82) is 0 Å². The van der Waals surface area contributed by atoms with Crippen LogP contribution in [0.4, 0.5) is 4.39 Å². The molecule has 0 spiro atoms. The van der Waals surface area contributed by atoms with E-state index < -0.39 is 17.8 Å². The van der Waals surface area contributed by atoms with Crippen LogP contribution in [0.1, 0.15) is 43.2 Å². The number of carboxylic acid groups (broad SMARTS) is 1. The molecule has 1 aliphatic carbocycles. The van der Waals surface area contributed by atoms with Crippen molar-refractivity contribution in [3.63, 3.8) is 0 Å². The van der Waals surface area contributed by atoms with Crippen LogP contribution in [-0.4, -0.2) is 48.8 Å². The topological polar surface area (TPSA) is 61.8 Å². The fourth-order valence-corrected chi connectivity index (χ4v) is 5.83. The van der Waals surface area contributed by atoms with Gasteiger partial charge in [0.05, 0.1) is 5.02 Å². The van der Waals surface area contributed by atoms with E-state index in [1.165, 1.54) is 11.6 Å². The monoisotopic (exact) mass is 508 g/mol. The van der Waals surface area contributed by atoms with Gasteiger partial charge in [0.15, 0.2) is 0 Å². The summed E-state index contributed by atoms with van der Waals surface area (Å²) in [5, 5.41) is 12.9. The van der Waals surface area contributed by atoms with Gasteiger partial charge in [-0.15, -0.1) is 0 Å². The smallest absolute Gasteiger partial charge is 0.320 e. The largest absolute Gasteiger partial charge is 0.489 e. The maximum Gasteiger partial charge on any atom is 0.320 e. The van der Waals surface area contributed by atoms with Crippen molar-refractivity contribution in [3.8, 4) is 5.75 Å². The fourth-order valence-electron chi connectivity index (χ4n) is 5.45. The number of ether oxygens (including phenoxy) is 1. The number of carboxylic acids is 1. The molecule has 2 atom stereocenters. The molecular weight excluding hydrogens is 478 g/mol. The van der Waals surface area contributed by atoms with Crippen LogP contribution in [0.5, 0.6) is 5.75 Å². The molecule has 0 unspecified atom stereocenters. The summed E-state index contributed by atoms with van der Waals surface area (Å²) in [4.78, 5) is 13.5. The molecule has 5 nitrogen and oxygen atoms in total. The third kappa shape index (κ3) is 5.35. The second-order valence-corrected chi connectivity index (χ2v) is 10.6. The Morgan fingerprint density at radius 1 is 1.24 bits per heavy atom.